The summed E-state index contributed by atoms with van der Waals surface area (Å²) in [6.07, 6.45) is -2.51. The van der Waals surface area contributed by atoms with Crippen molar-refractivity contribution in [3.63, 3.8) is 0 Å². The van der Waals surface area contributed by atoms with Crippen molar-refractivity contribution in [2.24, 2.45) is 10.7 Å². The molecule has 2 aromatic carbocycles. The van der Waals surface area contributed by atoms with Gasteiger partial charge in [-0.3, -0.25) is 0 Å². The van der Waals surface area contributed by atoms with Crippen LogP contribution in [0.5, 0.6) is 5.75 Å². The van der Waals surface area contributed by atoms with Crippen molar-refractivity contribution in [3.8, 4) is 11.4 Å². The molecule has 2 unspecified atom stereocenters. The number of ether oxygens (including phenoxy) is 2. The predicted octanol–water partition coefficient (Wildman–Crippen LogP) is 5.54. The van der Waals surface area contributed by atoms with Crippen LogP contribution in [0.2, 0.25) is 0 Å². The molecule has 2 atom stereocenters. The van der Waals surface area contributed by atoms with Gasteiger partial charge in [0.25, 0.3) is 0 Å². The molecule has 0 saturated carbocycles. The van der Waals surface area contributed by atoms with Gasteiger partial charge in [0, 0.05) is 30.5 Å². The number of fused-ring (bicyclic) bond motifs is 1. The molecule has 1 saturated heterocycles. The van der Waals surface area contributed by atoms with Crippen molar-refractivity contribution in [1.82, 2.24) is 15.1 Å². The Morgan fingerprint density at radius 2 is 1.97 bits per heavy atom. The highest BCUT2D eigenvalue weighted by molar-refractivity contribution is 5.84. The fourth-order valence-electron chi connectivity index (χ4n) is 5.13. The zero-order chi connectivity index (χ0) is 28.0. The summed E-state index contributed by atoms with van der Waals surface area (Å²) in [5.41, 5.74) is 4.40. The maximum Gasteiger partial charge on any atom is 0.419 e. The first-order valence-corrected chi connectivity index (χ1v) is 12.6. The summed E-state index contributed by atoms with van der Waals surface area (Å²) in [6.45, 7) is 7.24. The summed E-state index contributed by atoms with van der Waals surface area (Å²) < 4.78 is 70.4. The number of aromatic nitrogens is 2. The van der Waals surface area contributed by atoms with Crippen LogP contribution in [-0.4, -0.2) is 40.5 Å². The molecular formula is C28H29F4N5O2. The van der Waals surface area contributed by atoms with Crippen molar-refractivity contribution < 1.29 is 27.0 Å². The van der Waals surface area contributed by atoms with E-state index in [1.165, 1.54) is 29.1 Å². The number of aliphatic imine (C=N–C) groups is 1. The molecule has 3 N–H and O–H groups in total. The molecule has 1 aromatic heterocycles. The topological polar surface area (TPSA) is 86.7 Å². The summed E-state index contributed by atoms with van der Waals surface area (Å²) in [6, 6.07) is 11.4. The van der Waals surface area contributed by atoms with E-state index >= 15 is 0 Å². The Balaban J connectivity index is 1.41. The van der Waals surface area contributed by atoms with E-state index in [1.54, 1.807) is 26.0 Å². The van der Waals surface area contributed by atoms with E-state index in [2.05, 4.69) is 22.0 Å². The average Bonchev–Trinajstić information content (AvgIpc) is 3.52. The van der Waals surface area contributed by atoms with Crippen LogP contribution in [0.15, 0.2) is 60.2 Å². The minimum absolute atomic E-state index is 0.113. The summed E-state index contributed by atoms with van der Waals surface area (Å²) in [7, 11) is 0. The van der Waals surface area contributed by atoms with Crippen LogP contribution in [-0.2, 0) is 16.8 Å². The molecule has 39 heavy (non-hydrogen) atoms. The van der Waals surface area contributed by atoms with Crippen LogP contribution in [0, 0.1) is 5.82 Å². The predicted molar refractivity (Wildman–Crippen MR) is 140 cm³/mol. The minimum Gasteiger partial charge on any atom is -0.493 e. The molecule has 7 nitrogen and oxygen atoms in total. The first-order chi connectivity index (χ1) is 18.5. The standard InChI is InChI=1S/C28H29F4N5O2/c1-4-23(33)36-25-19(14-35-37(25)22-11-6-5-10-21(22)29)17(2)34-16-27(28(30,31)32)15-26(3,39-27)20-9-7-8-18-12-13-38-24(18)20/h5-11,14,34H,2,4,12-13,15-16H2,1,3H3,(H2,33,36). The number of amidine groups is 1. The quantitative estimate of drug-likeness (QED) is 0.221. The van der Waals surface area contributed by atoms with Gasteiger partial charge in [0.15, 0.2) is 11.4 Å². The van der Waals surface area contributed by atoms with Gasteiger partial charge in [-0.25, -0.2) is 14.1 Å². The van der Waals surface area contributed by atoms with Crippen molar-refractivity contribution in [2.45, 2.75) is 50.5 Å². The molecule has 11 heteroatoms. The van der Waals surface area contributed by atoms with E-state index in [1.807, 2.05) is 12.1 Å². The van der Waals surface area contributed by atoms with Crippen molar-refractivity contribution >= 4 is 17.4 Å². The number of hydrogen-bond acceptors (Lipinski definition) is 5. The van der Waals surface area contributed by atoms with Gasteiger partial charge >= 0.3 is 6.18 Å². The molecule has 5 rings (SSSR count). The number of nitrogens with one attached hydrogen (secondary N) is 1. The Morgan fingerprint density at radius 1 is 1.23 bits per heavy atom. The lowest BCUT2D eigenvalue weighted by molar-refractivity contribution is -0.382. The molecule has 0 amide bonds. The second kappa shape index (κ2) is 9.71. The highest BCUT2D eigenvalue weighted by Gasteiger charge is 2.68. The molecule has 0 bridgehead atoms. The van der Waals surface area contributed by atoms with Crippen LogP contribution >= 0.6 is 0 Å². The number of rotatable bonds is 8. The number of nitrogens with two attached hydrogens (primary N) is 1. The molecular weight excluding hydrogens is 514 g/mol. The van der Waals surface area contributed by atoms with Gasteiger partial charge in [-0.1, -0.05) is 43.8 Å². The maximum absolute atomic E-state index is 14.5. The van der Waals surface area contributed by atoms with Crippen molar-refractivity contribution in [2.75, 3.05) is 13.2 Å². The molecule has 3 heterocycles. The van der Waals surface area contributed by atoms with Gasteiger partial charge in [0.1, 0.15) is 23.1 Å². The highest BCUT2D eigenvalue weighted by atomic mass is 19.4. The number of nitrogens with zero attached hydrogens (tertiary/aromatic N) is 3. The summed E-state index contributed by atoms with van der Waals surface area (Å²) in [5.74, 6) is 0.440. The maximum atomic E-state index is 14.5. The van der Waals surface area contributed by atoms with E-state index in [0.29, 0.717) is 30.8 Å². The number of halogens is 4. The zero-order valence-electron chi connectivity index (χ0n) is 21.6. The number of hydrogen-bond donors (Lipinski definition) is 2. The number of para-hydroxylation sites is 2. The van der Waals surface area contributed by atoms with E-state index in [9.17, 15) is 17.6 Å². The van der Waals surface area contributed by atoms with Gasteiger partial charge < -0.3 is 20.5 Å². The lowest BCUT2D eigenvalue weighted by Crippen LogP contribution is -2.68. The molecule has 3 aromatic rings. The molecule has 0 radical (unpaired) electrons. The summed E-state index contributed by atoms with van der Waals surface area (Å²) in [5, 5.41) is 7.00. The second-order valence-electron chi connectivity index (χ2n) is 9.93. The lowest BCUT2D eigenvalue weighted by Gasteiger charge is -2.55. The fraction of sp³-hybridized carbons (Fsp3) is 0.357. The lowest BCUT2D eigenvalue weighted by atomic mass is 9.74. The third-order valence-corrected chi connectivity index (χ3v) is 7.19. The minimum atomic E-state index is -4.66. The van der Waals surface area contributed by atoms with Gasteiger partial charge in [0.2, 0.25) is 0 Å². The van der Waals surface area contributed by atoms with Gasteiger partial charge in [-0.05, 0) is 24.6 Å². The van der Waals surface area contributed by atoms with E-state index < -0.39 is 29.7 Å². The third-order valence-electron chi connectivity index (χ3n) is 7.19. The first-order valence-electron chi connectivity index (χ1n) is 12.6. The van der Waals surface area contributed by atoms with Crippen LogP contribution in [0.4, 0.5) is 23.4 Å². The second-order valence-corrected chi connectivity index (χ2v) is 9.93. The van der Waals surface area contributed by atoms with Crippen molar-refractivity contribution in [1.29, 1.82) is 0 Å². The normalized spacial score (nSPS) is 22.7. The van der Waals surface area contributed by atoms with E-state index in [4.69, 9.17) is 15.2 Å². The summed E-state index contributed by atoms with van der Waals surface area (Å²) in [4.78, 5) is 4.36. The summed E-state index contributed by atoms with van der Waals surface area (Å²) >= 11 is 0. The Morgan fingerprint density at radius 3 is 2.67 bits per heavy atom. The molecule has 206 valence electrons. The molecule has 2 aliphatic heterocycles. The van der Waals surface area contributed by atoms with Gasteiger partial charge in [-0.15, -0.1) is 0 Å². The molecule has 2 aliphatic rings. The Labute approximate surface area is 223 Å². The average molecular weight is 544 g/mol. The van der Waals surface area contributed by atoms with Crippen LogP contribution in [0.1, 0.15) is 43.4 Å². The molecule has 0 spiro atoms. The zero-order valence-corrected chi connectivity index (χ0v) is 21.6. The van der Waals surface area contributed by atoms with Gasteiger partial charge in [-0.2, -0.15) is 18.3 Å². The third kappa shape index (κ3) is 4.64. The number of alkyl halides is 3. The van der Waals surface area contributed by atoms with Crippen LogP contribution in [0.3, 0.4) is 0 Å². The van der Waals surface area contributed by atoms with Crippen LogP contribution in [0.25, 0.3) is 11.4 Å². The van der Waals surface area contributed by atoms with E-state index in [0.717, 1.165) is 5.56 Å². The van der Waals surface area contributed by atoms with Crippen molar-refractivity contribution in [3.05, 3.63) is 77.7 Å². The van der Waals surface area contributed by atoms with E-state index in [-0.39, 0.29) is 35.0 Å². The largest absolute Gasteiger partial charge is 0.493 e. The molecule has 0 aliphatic carbocycles. The Kier molecular flexibility index (Phi) is 6.66. The highest BCUT2D eigenvalue weighted by Crippen LogP contribution is 2.57. The SMILES string of the molecule is C=C(NCC1(C(F)(F)F)CC(C)(c2cccc3c2OCC3)O1)c1cnn(-c2ccccc2F)c1/N=C(\N)CC. The number of benzene rings is 2. The smallest absolute Gasteiger partial charge is 0.419 e. The van der Waals surface area contributed by atoms with Gasteiger partial charge in [0.05, 0.1) is 30.5 Å². The fourth-order valence-corrected chi connectivity index (χ4v) is 5.13. The first kappa shape index (κ1) is 26.7. The Hall–Kier alpha value is -3.86. The Bertz CT molecular complexity index is 1440. The van der Waals surface area contributed by atoms with Crippen LogP contribution < -0.4 is 15.8 Å². The molecule has 1 fully saturated rings. The monoisotopic (exact) mass is 543 g/mol.